The Kier molecular flexibility index (Phi) is 6.85. The summed E-state index contributed by atoms with van der Waals surface area (Å²) in [5, 5.41) is 8.80. The van der Waals surface area contributed by atoms with E-state index in [1.165, 1.54) is 22.0 Å². The number of fused-ring (bicyclic) bond motifs is 1. The second-order valence-corrected chi connectivity index (χ2v) is 8.19. The number of carbonyl (C=O) groups is 1. The molecule has 2 N–H and O–H groups in total. The zero-order valence-electron chi connectivity index (χ0n) is 18.5. The Morgan fingerprint density at radius 1 is 0.935 bits per heavy atom. The third-order valence-corrected chi connectivity index (χ3v) is 6.19. The minimum Gasteiger partial charge on any atom is -0.369 e. The topological polar surface area (TPSA) is 47.6 Å². The van der Waals surface area contributed by atoms with E-state index in [-0.39, 0.29) is 18.5 Å². The van der Waals surface area contributed by atoms with Crippen LogP contribution in [-0.4, -0.2) is 50.1 Å². The second-order valence-electron chi connectivity index (χ2n) is 8.19. The molecule has 3 aromatic rings. The molecule has 1 aliphatic heterocycles. The normalized spacial score (nSPS) is 15.7. The molecule has 162 valence electrons. The highest BCUT2D eigenvalue weighted by Crippen LogP contribution is 2.24. The average molecular weight is 417 g/mol. The Hall–Kier alpha value is -2.89. The summed E-state index contributed by atoms with van der Waals surface area (Å²) < 4.78 is 0. The van der Waals surface area contributed by atoms with Crippen molar-refractivity contribution in [3.8, 4) is 0 Å². The lowest BCUT2D eigenvalue weighted by atomic mass is 10.00. The van der Waals surface area contributed by atoms with Gasteiger partial charge in [-0.3, -0.25) is 4.79 Å². The third-order valence-electron chi connectivity index (χ3n) is 6.19. The highest BCUT2D eigenvalue weighted by Gasteiger charge is 2.16. The van der Waals surface area contributed by atoms with E-state index in [9.17, 15) is 4.79 Å². The molecule has 0 spiro atoms. The van der Waals surface area contributed by atoms with E-state index in [0.717, 1.165) is 38.4 Å². The maximum atomic E-state index is 12.5. The number of benzene rings is 3. The predicted octanol–water partition coefficient (Wildman–Crippen LogP) is 4.27. The number of anilines is 2. The first kappa shape index (κ1) is 21.3. The number of carbonyl (C=O) groups excluding carboxylic acids is 1. The van der Waals surface area contributed by atoms with Crippen LogP contribution in [0.25, 0.3) is 10.8 Å². The summed E-state index contributed by atoms with van der Waals surface area (Å²) in [5.41, 5.74) is 3.26. The summed E-state index contributed by atoms with van der Waals surface area (Å²) >= 11 is 0. The van der Waals surface area contributed by atoms with Crippen LogP contribution in [0, 0.1) is 0 Å². The lowest BCUT2D eigenvalue weighted by Gasteiger charge is -2.35. The molecule has 31 heavy (non-hydrogen) atoms. The summed E-state index contributed by atoms with van der Waals surface area (Å²) in [6.07, 6.45) is 0. The zero-order chi connectivity index (χ0) is 21.6. The predicted molar refractivity (Wildman–Crippen MR) is 130 cm³/mol. The van der Waals surface area contributed by atoms with Crippen molar-refractivity contribution < 1.29 is 4.79 Å². The van der Waals surface area contributed by atoms with Crippen LogP contribution in [0.2, 0.25) is 0 Å². The van der Waals surface area contributed by atoms with Crippen LogP contribution in [0.1, 0.15) is 25.5 Å². The first-order valence-corrected chi connectivity index (χ1v) is 11.2. The van der Waals surface area contributed by atoms with Gasteiger partial charge >= 0.3 is 0 Å². The van der Waals surface area contributed by atoms with Gasteiger partial charge in [-0.25, -0.2) is 0 Å². The molecule has 0 aliphatic carbocycles. The Labute approximate surface area is 185 Å². The second kappa shape index (κ2) is 9.94. The molecule has 1 fully saturated rings. The standard InChI is InChI=1S/C26H32N4O/c1-3-29-15-17-30(18-16-29)23-13-11-22(12-14-23)28-26(31)19-27-20(2)24-10-6-8-21-7-4-5-9-25(21)24/h4-14,20,27H,3,15-19H2,1-2H3,(H,28,31)/t20-/m0/s1. The third kappa shape index (κ3) is 5.24. The monoisotopic (exact) mass is 416 g/mol. The van der Waals surface area contributed by atoms with Crippen molar-refractivity contribution in [1.29, 1.82) is 0 Å². The zero-order valence-corrected chi connectivity index (χ0v) is 18.5. The number of nitrogens with one attached hydrogen (secondary N) is 2. The quantitative estimate of drug-likeness (QED) is 0.604. The summed E-state index contributed by atoms with van der Waals surface area (Å²) in [4.78, 5) is 17.4. The smallest absolute Gasteiger partial charge is 0.238 e. The van der Waals surface area contributed by atoms with Crippen LogP contribution in [-0.2, 0) is 4.79 Å². The van der Waals surface area contributed by atoms with Crippen LogP contribution in [0.4, 0.5) is 11.4 Å². The van der Waals surface area contributed by atoms with Crippen molar-refractivity contribution in [2.24, 2.45) is 0 Å². The largest absolute Gasteiger partial charge is 0.369 e. The van der Waals surface area contributed by atoms with Crippen molar-refractivity contribution in [2.45, 2.75) is 19.9 Å². The Bertz CT molecular complexity index is 1000. The molecule has 0 saturated carbocycles. The van der Waals surface area contributed by atoms with E-state index in [0.29, 0.717) is 0 Å². The van der Waals surface area contributed by atoms with Gasteiger partial charge in [-0.05, 0) is 54.1 Å². The van der Waals surface area contributed by atoms with Crippen LogP contribution in [0.5, 0.6) is 0 Å². The number of hydrogen-bond acceptors (Lipinski definition) is 4. The molecule has 1 aliphatic rings. The molecule has 0 unspecified atom stereocenters. The first-order chi connectivity index (χ1) is 15.1. The Balaban J connectivity index is 1.30. The van der Waals surface area contributed by atoms with Gasteiger partial charge < -0.3 is 20.4 Å². The van der Waals surface area contributed by atoms with Crippen molar-refractivity contribution >= 4 is 28.1 Å². The highest BCUT2D eigenvalue weighted by molar-refractivity contribution is 5.92. The van der Waals surface area contributed by atoms with Gasteiger partial charge in [0.15, 0.2) is 0 Å². The minimum absolute atomic E-state index is 0.0311. The summed E-state index contributed by atoms with van der Waals surface area (Å²) in [5.74, 6) is -0.0311. The number of piperazine rings is 1. The van der Waals surface area contributed by atoms with Crippen LogP contribution in [0.15, 0.2) is 66.7 Å². The van der Waals surface area contributed by atoms with E-state index in [4.69, 9.17) is 0 Å². The van der Waals surface area contributed by atoms with Gasteiger partial charge in [0.05, 0.1) is 6.54 Å². The molecule has 1 saturated heterocycles. The van der Waals surface area contributed by atoms with Gasteiger partial charge in [0, 0.05) is 43.6 Å². The summed E-state index contributed by atoms with van der Waals surface area (Å²) in [7, 11) is 0. The Morgan fingerprint density at radius 3 is 2.39 bits per heavy atom. The van der Waals surface area contributed by atoms with Gasteiger partial charge in [-0.1, -0.05) is 49.4 Å². The van der Waals surface area contributed by atoms with Gasteiger partial charge in [-0.15, -0.1) is 0 Å². The summed E-state index contributed by atoms with van der Waals surface area (Å²) in [6.45, 7) is 10.0. The van der Waals surface area contributed by atoms with Crippen LogP contribution < -0.4 is 15.5 Å². The molecule has 1 atom stereocenters. The van der Waals surface area contributed by atoms with E-state index in [1.807, 2.05) is 18.2 Å². The van der Waals surface area contributed by atoms with Gasteiger partial charge in [0.1, 0.15) is 0 Å². The van der Waals surface area contributed by atoms with E-state index >= 15 is 0 Å². The minimum atomic E-state index is -0.0311. The molecular weight excluding hydrogens is 384 g/mol. The molecular formula is C26H32N4O. The SMILES string of the molecule is CCN1CCN(c2ccc(NC(=O)CN[C@@H](C)c3cccc4ccccc34)cc2)CC1. The first-order valence-electron chi connectivity index (χ1n) is 11.2. The lowest BCUT2D eigenvalue weighted by Crippen LogP contribution is -2.46. The number of hydrogen-bond donors (Lipinski definition) is 2. The molecule has 0 radical (unpaired) electrons. The van der Waals surface area contributed by atoms with Gasteiger partial charge in [-0.2, -0.15) is 0 Å². The maximum Gasteiger partial charge on any atom is 0.238 e. The van der Waals surface area contributed by atoms with Crippen molar-refractivity contribution in [3.63, 3.8) is 0 Å². The number of amides is 1. The fourth-order valence-corrected chi connectivity index (χ4v) is 4.27. The molecule has 0 aromatic heterocycles. The van der Waals surface area contributed by atoms with E-state index in [1.54, 1.807) is 0 Å². The van der Waals surface area contributed by atoms with Crippen molar-refractivity contribution in [3.05, 3.63) is 72.3 Å². The van der Waals surface area contributed by atoms with Gasteiger partial charge in [0.25, 0.3) is 0 Å². The van der Waals surface area contributed by atoms with E-state index in [2.05, 4.69) is 82.8 Å². The van der Waals surface area contributed by atoms with Gasteiger partial charge in [0.2, 0.25) is 5.91 Å². The number of rotatable bonds is 7. The molecule has 4 rings (SSSR count). The molecule has 0 bridgehead atoms. The van der Waals surface area contributed by atoms with Crippen LogP contribution in [0.3, 0.4) is 0 Å². The summed E-state index contributed by atoms with van der Waals surface area (Å²) in [6, 6.07) is 22.9. The molecule has 1 amide bonds. The molecule has 3 aromatic carbocycles. The molecule has 5 nitrogen and oxygen atoms in total. The highest BCUT2D eigenvalue weighted by atomic mass is 16.1. The average Bonchev–Trinajstić information content (AvgIpc) is 2.83. The Morgan fingerprint density at radius 2 is 1.65 bits per heavy atom. The maximum absolute atomic E-state index is 12.5. The van der Waals surface area contributed by atoms with Crippen LogP contribution >= 0.6 is 0 Å². The van der Waals surface area contributed by atoms with E-state index < -0.39 is 0 Å². The molecule has 1 heterocycles. The fraction of sp³-hybridized carbons (Fsp3) is 0.346. The number of nitrogens with zero attached hydrogens (tertiary/aromatic N) is 2. The molecule has 5 heteroatoms. The lowest BCUT2D eigenvalue weighted by molar-refractivity contribution is -0.115. The fourth-order valence-electron chi connectivity index (χ4n) is 4.27. The van der Waals surface area contributed by atoms with Crippen molar-refractivity contribution in [2.75, 3.05) is 49.5 Å². The number of likely N-dealkylation sites (N-methyl/N-ethyl adjacent to an activating group) is 1. The van der Waals surface area contributed by atoms with Crippen molar-refractivity contribution in [1.82, 2.24) is 10.2 Å².